The van der Waals surface area contributed by atoms with Crippen molar-refractivity contribution in [2.75, 3.05) is 32.8 Å². The summed E-state index contributed by atoms with van der Waals surface area (Å²) in [5.41, 5.74) is 1.05. The maximum absolute atomic E-state index is 12.7. The second-order valence-corrected chi connectivity index (χ2v) is 6.92. The van der Waals surface area contributed by atoms with Gasteiger partial charge >= 0.3 is 0 Å². The van der Waals surface area contributed by atoms with Gasteiger partial charge in [-0.15, -0.1) is 0 Å². The third kappa shape index (κ3) is 4.12. The summed E-state index contributed by atoms with van der Waals surface area (Å²) in [6, 6.07) is 0. The Bertz CT molecular complexity index is 524. The Balaban J connectivity index is 1.54. The quantitative estimate of drug-likeness (QED) is 0.910. The van der Waals surface area contributed by atoms with Crippen LogP contribution in [0.5, 0.6) is 0 Å². The lowest BCUT2D eigenvalue weighted by atomic mass is 9.84. The smallest absolute Gasteiger partial charge is 0.223 e. The van der Waals surface area contributed by atoms with Crippen LogP contribution in [-0.4, -0.2) is 53.4 Å². The van der Waals surface area contributed by atoms with Crippen LogP contribution in [0.1, 0.15) is 37.9 Å². The Kier molecular flexibility index (Phi) is 5.33. The number of piperidine rings is 1. The van der Waals surface area contributed by atoms with Crippen molar-refractivity contribution < 1.29 is 9.53 Å². The van der Waals surface area contributed by atoms with Crippen LogP contribution in [0.4, 0.5) is 0 Å². The minimum atomic E-state index is -0.0458. The number of carbonyl (C=O) groups is 1. The first-order valence-electron chi connectivity index (χ1n) is 8.72. The molecule has 6 heteroatoms. The largest absolute Gasteiger partial charge is 0.370 e. The molecule has 3 rings (SSSR count). The van der Waals surface area contributed by atoms with Gasteiger partial charge in [-0.25, -0.2) is 0 Å². The summed E-state index contributed by atoms with van der Waals surface area (Å²) < 4.78 is 7.60. The molecule has 23 heavy (non-hydrogen) atoms. The van der Waals surface area contributed by atoms with E-state index in [1.165, 1.54) is 12.8 Å². The maximum Gasteiger partial charge on any atom is 0.223 e. The van der Waals surface area contributed by atoms with Gasteiger partial charge in [0.05, 0.1) is 19.3 Å². The predicted molar refractivity (Wildman–Crippen MR) is 87.9 cm³/mol. The molecule has 2 atom stereocenters. The van der Waals surface area contributed by atoms with Gasteiger partial charge in [0.15, 0.2) is 0 Å². The molecule has 0 bridgehead atoms. The van der Waals surface area contributed by atoms with Gasteiger partial charge in [-0.1, -0.05) is 6.92 Å². The molecule has 2 aliphatic rings. The zero-order chi connectivity index (χ0) is 16.2. The van der Waals surface area contributed by atoms with Crippen LogP contribution in [0.15, 0.2) is 12.4 Å². The zero-order valence-electron chi connectivity index (χ0n) is 14.2. The molecule has 2 aliphatic heterocycles. The molecular weight excluding hydrogens is 292 g/mol. The summed E-state index contributed by atoms with van der Waals surface area (Å²) in [6.07, 6.45) is 6.79. The van der Waals surface area contributed by atoms with Crippen molar-refractivity contribution in [1.82, 2.24) is 20.0 Å². The number of aromatic nitrogens is 2. The second-order valence-electron chi connectivity index (χ2n) is 6.92. The summed E-state index contributed by atoms with van der Waals surface area (Å²) in [4.78, 5) is 14.6. The summed E-state index contributed by atoms with van der Waals surface area (Å²) >= 11 is 0. The Hall–Kier alpha value is -1.40. The molecule has 1 amide bonds. The first kappa shape index (κ1) is 16.5. The number of hydrogen-bond donors (Lipinski definition) is 1. The molecule has 2 unspecified atom stereocenters. The molecule has 3 heterocycles. The van der Waals surface area contributed by atoms with Crippen LogP contribution in [0.2, 0.25) is 0 Å². The standard InChI is InChI=1S/C17H28N4O2/c1-13(14-3-5-18-6-4-14)9-17(22)21-7-8-23-16(12-21)15-10-19-20(2)11-15/h10-11,13-14,16,18H,3-9,12H2,1-2H3. The lowest BCUT2D eigenvalue weighted by Gasteiger charge is -2.34. The molecule has 0 spiro atoms. The predicted octanol–water partition coefficient (Wildman–Crippen LogP) is 1.35. The molecule has 0 aromatic carbocycles. The third-order valence-electron chi connectivity index (χ3n) is 5.20. The van der Waals surface area contributed by atoms with E-state index in [4.69, 9.17) is 4.74 Å². The minimum Gasteiger partial charge on any atom is -0.370 e. The lowest BCUT2D eigenvalue weighted by molar-refractivity contribution is -0.140. The fourth-order valence-electron chi connectivity index (χ4n) is 3.67. The zero-order valence-corrected chi connectivity index (χ0v) is 14.2. The highest BCUT2D eigenvalue weighted by atomic mass is 16.5. The average Bonchev–Trinajstić information content (AvgIpc) is 3.02. The first-order chi connectivity index (χ1) is 11.1. The highest BCUT2D eigenvalue weighted by Gasteiger charge is 2.29. The van der Waals surface area contributed by atoms with Crippen LogP contribution in [0.3, 0.4) is 0 Å². The van der Waals surface area contributed by atoms with Crippen molar-refractivity contribution in [3.8, 4) is 0 Å². The second kappa shape index (κ2) is 7.45. The Morgan fingerprint density at radius 1 is 1.48 bits per heavy atom. The number of rotatable bonds is 4. The molecule has 0 radical (unpaired) electrons. The lowest BCUT2D eigenvalue weighted by Crippen LogP contribution is -2.43. The molecule has 0 saturated carbocycles. The van der Waals surface area contributed by atoms with Gasteiger partial charge in [0.1, 0.15) is 6.10 Å². The van der Waals surface area contributed by atoms with E-state index in [9.17, 15) is 4.79 Å². The van der Waals surface area contributed by atoms with Crippen LogP contribution >= 0.6 is 0 Å². The number of nitrogens with zero attached hydrogens (tertiary/aromatic N) is 3. The van der Waals surface area contributed by atoms with Crippen LogP contribution in [0.25, 0.3) is 0 Å². The average molecular weight is 320 g/mol. The third-order valence-corrected chi connectivity index (χ3v) is 5.20. The molecule has 128 valence electrons. The van der Waals surface area contributed by atoms with E-state index in [-0.39, 0.29) is 12.0 Å². The number of ether oxygens (including phenoxy) is 1. The van der Waals surface area contributed by atoms with E-state index in [1.807, 2.05) is 24.3 Å². The summed E-state index contributed by atoms with van der Waals surface area (Å²) in [5.74, 6) is 1.41. The van der Waals surface area contributed by atoms with E-state index >= 15 is 0 Å². The Labute approximate surface area is 138 Å². The summed E-state index contributed by atoms with van der Waals surface area (Å²) in [6.45, 7) is 6.35. The first-order valence-corrected chi connectivity index (χ1v) is 8.72. The van der Waals surface area contributed by atoms with Crippen molar-refractivity contribution in [2.45, 2.75) is 32.3 Å². The fraction of sp³-hybridized carbons (Fsp3) is 0.765. The molecule has 2 fully saturated rings. The van der Waals surface area contributed by atoms with Crippen LogP contribution in [0, 0.1) is 11.8 Å². The minimum absolute atomic E-state index is 0.0458. The number of aryl methyl sites for hydroxylation is 1. The van der Waals surface area contributed by atoms with E-state index < -0.39 is 0 Å². The monoisotopic (exact) mass is 320 g/mol. The van der Waals surface area contributed by atoms with Crippen molar-refractivity contribution in [2.24, 2.45) is 18.9 Å². The van der Waals surface area contributed by atoms with E-state index in [2.05, 4.69) is 17.3 Å². The van der Waals surface area contributed by atoms with Gasteiger partial charge in [-0.05, 0) is 37.8 Å². The highest BCUT2D eigenvalue weighted by molar-refractivity contribution is 5.76. The van der Waals surface area contributed by atoms with Crippen molar-refractivity contribution in [3.05, 3.63) is 18.0 Å². The van der Waals surface area contributed by atoms with E-state index in [1.54, 1.807) is 4.68 Å². The number of nitrogens with one attached hydrogen (secondary N) is 1. The number of morpholine rings is 1. The molecule has 1 N–H and O–H groups in total. The van der Waals surface area contributed by atoms with Gasteiger partial charge in [0.2, 0.25) is 5.91 Å². The van der Waals surface area contributed by atoms with Gasteiger partial charge in [0, 0.05) is 31.8 Å². The van der Waals surface area contributed by atoms with Crippen LogP contribution in [-0.2, 0) is 16.6 Å². The van der Waals surface area contributed by atoms with Gasteiger partial charge in [-0.3, -0.25) is 9.48 Å². The normalized spacial score (nSPS) is 24.6. The molecule has 6 nitrogen and oxygen atoms in total. The van der Waals surface area contributed by atoms with E-state index in [0.29, 0.717) is 38.0 Å². The summed E-state index contributed by atoms with van der Waals surface area (Å²) in [5, 5.41) is 7.59. The number of hydrogen-bond acceptors (Lipinski definition) is 4. The van der Waals surface area contributed by atoms with Crippen molar-refractivity contribution in [3.63, 3.8) is 0 Å². The summed E-state index contributed by atoms with van der Waals surface area (Å²) in [7, 11) is 1.90. The van der Waals surface area contributed by atoms with Crippen molar-refractivity contribution in [1.29, 1.82) is 0 Å². The van der Waals surface area contributed by atoms with E-state index in [0.717, 1.165) is 18.7 Å². The molecule has 1 aromatic rings. The highest BCUT2D eigenvalue weighted by Crippen LogP contribution is 2.27. The molecule has 2 saturated heterocycles. The molecular formula is C17H28N4O2. The Morgan fingerprint density at radius 2 is 2.26 bits per heavy atom. The number of amides is 1. The number of carbonyl (C=O) groups excluding carboxylic acids is 1. The molecule has 0 aliphatic carbocycles. The SMILES string of the molecule is CC(CC(=O)N1CCOC(c2cnn(C)c2)C1)C1CCNCC1. The van der Waals surface area contributed by atoms with Gasteiger partial charge in [0.25, 0.3) is 0 Å². The molecule has 1 aromatic heterocycles. The van der Waals surface area contributed by atoms with Crippen LogP contribution < -0.4 is 5.32 Å². The topological polar surface area (TPSA) is 59.4 Å². The van der Waals surface area contributed by atoms with Crippen molar-refractivity contribution >= 4 is 5.91 Å². The maximum atomic E-state index is 12.7. The van der Waals surface area contributed by atoms with Gasteiger partial charge in [-0.2, -0.15) is 5.10 Å². The Morgan fingerprint density at radius 3 is 2.96 bits per heavy atom. The fourth-order valence-corrected chi connectivity index (χ4v) is 3.67. The van der Waals surface area contributed by atoms with Gasteiger partial charge < -0.3 is 15.0 Å².